The maximum Gasteiger partial charge on any atom is 0.164 e. The summed E-state index contributed by atoms with van der Waals surface area (Å²) in [4.78, 5) is 21.6. The number of carbonyl (C=O) groups is 1. The fraction of sp³-hybridized carbons (Fsp3) is 0.372. The number of aliphatic hydroxyl groups is 1. The van der Waals surface area contributed by atoms with Crippen molar-refractivity contribution in [3.05, 3.63) is 96.5 Å². The number of thiophene rings is 1. The number of aromatic nitrogens is 2. The summed E-state index contributed by atoms with van der Waals surface area (Å²) in [6.07, 6.45) is 6.44. The van der Waals surface area contributed by atoms with Crippen LogP contribution in [0.15, 0.2) is 84.9 Å². The first-order valence-electron chi connectivity index (χ1n) is 17.3. The van der Waals surface area contributed by atoms with Gasteiger partial charge in [0.1, 0.15) is 12.1 Å². The zero-order chi connectivity index (χ0) is 34.9. The van der Waals surface area contributed by atoms with Gasteiger partial charge >= 0.3 is 0 Å². The predicted molar refractivity (Wildman–Crippen MR) is 206 cm³/mol. The first kappa shape index (κ1) is 38.4. The number of allylic oxidation sites excluding steroid dienone is 2. The van der Waals surface area contributed by atoms with Gasteiger partial charge in [0.25, 0.3) is 0 Å². The van der Waals surface area contributed by atoms with Crippen LogP contribution >= 0.6 is 11.3 Å². The Balaban J connectivity index is 0.000000260. The molecule has 0 atom stereocenters. The molecule has 0 aliphatic heterocycles. The summed E-state index contributed by atoms with van der Waals surface area (Å²) in [7, 11) is 0. The van der Waals surface area contributed by atoms with Crippen molar-refractivity contribution < 1.29 is 30.0 Å². The zero-order valence-corrected chi connectivity index (χ0v) is 33.5. The third kappa shape index (κ3) is 7.67. The minimum Gasteiger partial charge on any atom is -0.512 e. The molecule has 4 aromatic carbocycles. The molecule has 0 spiro atoms. The second-order valence-electron chi connectivity index (χ2n) is 14.5. The van der Waals surface area contributed by atoms with Gasteiger partial charge in [-0.05, 0) is 59.6 Å². The van der Waals surface area contributed by atoms with Crippen LogP contribution < -0.4 is 0 Å². The van der Waals surface area contributed by atoms with Gasteiger partial charge in [-0.1, -0.05) is 110 Å². The Kier molecular flexibility index (Phi) is 11.9. The van der Waals surface area contributed by atoms with Gasteiger partial charge in [-0.2, -0.15) is 0 Å². The van der Waals surface area contributed by atoms with E-state index in [0.717, 1.165) is 47.2 Å². The van der Waals surface area contributed by atoms with E-state index in [-0.39, 0.29) is 47.9 Å². The molecule has 49 heavy (non-hydrogen) atoms. The molecule has 4 nitrogen and oxygen atoms in total. The van der Waals surface area contributed by atoms with E-state index in [1.54, 1.807) is 17.7 Å². The van der Waals surface area contributed by atoms with E-state index in [2.05, 4.69) is 92.5 Å². The molecule has 0 unspecified atom stereocenters. The van der Waals surface area contributed by atoms with E-state index in [9.17, 15) is 9.90 Å². The molecule has 6 heteroatoms. The van der Waals surface area contributed by atoms with Gasteiger partial charge in [0.2, 0.25) is 0 Å². The molecule has 0 aliphatic carbocycles. The van der Waals surface area contributed by atoms with Crippen molar-refractivity contribution in [1.82, 2.24) is 9.97 Å². The molecule has 0 saturated carbocycles. The molecule has 6 aromatic rings. The number of hydrogen-bond donors (Lipinski definition) is 1. The number of hydrogen-bond acceptors (Lipinski definition) is 5. The van der Waals surface area contributed by atoms with Crippen LogP contribution in [0.4, 0.5) is 0 Å². The summed E-state index contributed by atoms with van der Waals surface area (Å²) in [5.41, 5.74) is 3.87. The molecule has 1 N–H and O–H groups in total. The average Bonchev–Trinajstić information content (AvgIpc) is 3.46. The minimum absolute atomic E-state index is 0. The van der Waals surface area contributed by atoms with Crippen LogP contribution in [-0.2, 0) is 30.3 Å². The van der Waals surface area contributed by atoms with Crippen LogP contribution in [0.2, 0.25) is 0 Å². The minimum atomic E-state index is -0.337. The van der Waals surface area contributed by atoms with E-state index in [4.69, 9.17) is 4.98 Å². The molecule has 6 rings (SSSR count). The van der Waals surface area contributed by atoms with Gasteiger partial charge in [-0.25, -0.2) is 4.98 Å². The predicted octanol–water partition coefficient (Wildman–Crippen LogP) is 12.6. The molecular weight excluding hydrogens is 801 g/mol. The normalized spacial score (nSPS) is 12.6. The summed E-state index contributed by atoms with van der Waals surface area (Å²) < 4.78 is 2.36. The van der Waals surface area contributed by atoms with Crippen molar-refractivity contribution in [3.63, 3.8) is 0 Å². The third-order valence-electron chi connectivity index (χ3n) is 10.6. The van der Waals surface area contributed by atoms with Gasteiger partial charge in [0.15, 0.2) is 5.78 Å². The van der Waals surface area contributed by atoms with E-state index in [1.807, 2.05) is 47.6 Å². The van der Waals surface area contributed by atoms with Crippen molar-refractivity contribution in [3.8, 4) is 11.3 Å². The van der Waals surface area contributed by atoms with E-state index < -0.39 is 0 Å². The maximum atomic E-state index is 12.2. The maximum absolute atomic E-state index is 12.2. The molecule has 0 fully saturated rings. The Morgan fingerprint density at radius 1 is 0.796 bits per heavy atom. The van der Waals surface area contributed by atoms with Gasteiger partial charge < -0.3 is 5.11 Å². The topological polar surface area (TPSA) is 63.1 Å². The van der Waals surface area contributed by atoms with Crippen LogP contribution in [-0.4, -0.2) is 20.9 Å². The van der Waals surface area contributed by atoms with Crippen molar-refractivity contribution in [2.24, 2.45) is 10.8 Å². The molecular formula is C43H49IrN2O2S-. The molecule has 0 aliphatic rings. The second-order valence-corrected chi connectivity index (χ2v) is 15.6. The molecule has 2 heterocycles. The van der Waals surface area contributed by atoms with Crippen molar-refractivity contribution in [2.45, 2.75) is 93.4 Å². The first-order valence-corrected chi connectivity index (χ1v) is 18.1. The number of rotatable bonds is 8. The second kappa shape index (κ2) is 15.2. The molecule has 0 bridgehead atoms. The fourth-order valence-electron chi connectivity index (χ4n) is 6.01. The van der Waals surface area contributed by atoms with Crippen LogP contribution in [0.1, 0.15) is 93.6 Å². The molecule has 259 valence electrons. The summed E-state index contributed by atoms with van der Waals surface area (Å²) in [5.74, 6) is 0.286. The van der Waals surface area contributed by atoms with Crippen LogP contribution in [0.3, 0.4) is 0 Å². The molecule has 1 radical (unpaired) electrons. The largest absolute Gasteiger partial charge is 0.512 e. The number of fused-ring (bicyclic) bond motifs is 5. The quantitative estimate of drug-likeness (QED) is 0.0941. The smallest absolute Gasteiger partial charge is 0.164 e. The van der Waals surface area contributed by atoms with Crippen molar-refractivity contribution in [2.75, 3.05) is 0 Å². The first-order chi connectivity index (χ1) is 22.8. The SMILES string of the molecule is CC(C)(C)c1ccc2c(-c3ncnc4c3sc3cc5ccccc5cc34)[c-]ccc2c1.CCC(C)(CC)C(=O)/C=C(\O)C(C)(CC)CC.[Ir]. The standard InChI is InChI=1S/C28H21N2S.C15H28O2.Ir/c1-28(2,3)20-11-12-21-19(13-20)9-6-10-22(21)25-27-26(30-16-29-25)23-14-17-7-4-5-8-18(17)15-24(23)31-27;1-7-14(5,8-2)12(16)11-13(17)15(6,9-3)10-4;/h4-9,11-16H,1-3H3;11,16H,7-10H2,1-6H3;/q-1;;/b;12-11-;. The van der Waals surface area contributed by atoms with Gasteiger partial charge in [-0.3, -0.25) is 9.78 Å². The summed E-state index contributed by atoms with van der Waals surface area (Å²) in [6, 6.07) is 27.4. The van der Waals surface area contributed by atoms with E-state index in [1.165, 1.54) is 43.3 Å². The fourth-order valence-corrected chi connectivity index (χ4v) is 7.19. The number of carbonyl (C=O) groups excluding carboxylic acids is 1. The molecule has 0 amide bonds. The van der Waals surface area contributed by atoms with Crippen LogP contribution in [0.25, 0.3) is 53.1 Å². The van der Waals surface area contributed by atoms with Gasteiger partial charge in [-0.15, -0.1) is 40.5 Å². The third-order valence-corrected chi connectivity index (χ3v) is 11.8. The van der Waals surface area contributed by atoms with E-state index in [0.29, 0.717) is 0 Å². The summed E-state index contributed by atoms with van der Waals surface area (Å²) in [6.45, 7) is 18.8. The molecule has 0 saturated heterocycles. The van der Waals surface area contributed by atoms with Crippen molar-refractivity contribution in [1.29, 1.82) is 0 Å². The number of nitrogens with zero attached hydrogens (tertiary/aromatic N) is 2. The van der Waals surface area contributed by atoms with E-state index >= 15 is 0 Å². The van der Waals surface area contributed by atoms with Crippen LogP contribution in [0.5, 0.6) is 0 Å². The number of aliphatic hydroxyl groups excluding tert-OH is 1. The van der Waals surface area contributed by atoms with Gasteiger partial charge in [0.05, 0.1) is 5.52 Å². The molecule has 2 aromatic heterocycles. The Bertz CT molecular complexity index is 2130. The Hall–Kier alpha value is -3.44. The monoisotopic (exact) mass is 850 g/mol. The zero-order valence-electron chi connectivity index (χ0n) is 30.3. The Morgan fingerprint density at radius 2 is 1.43 bits per heavy atom. The average molecular weight is 850 g/mol. The number of benzene rings is 4. The summed E-state index contributed by atoms with van der Waals surface area (Å²) >= 11 is 1.77. The van der Waals surface area contributed by atoms with Crippen LogP contribution in [0, 0.1) is 16.9 Å². The van der Waals surface area contributed by atoms with Crippen molar-refractivity contribution >= 4 is 59.0 Å². The number of ketones is 1. The summed E-state index contributed by atoms with van der Waals surface area (Å²) in [5, 5.41) is 16.2. The van der Waals surface area contributed by atoms with Gasteiger partial charge in [0, 0.05) is 57.5 Å². The Morgan fingerprint density at radius 3 is 2.04 bits per heavy atom. The Labute approximate surface area is 309 Å².